The van der Waals surface area contributed by atoms with Gasteiger partial charge in [-0.05, 0) is 43.5 Å². The van der Waals surface area contributed by atoms with E-state index < -0.39 is 0 Å². The lowest BCUT2D eigenvalue weighted by molar-refractivity contribution is 0.0954. The standard InChI is InChI=1S/C18H19N3O4/c22-18(13-4-6-15-16(10-13)24-12-23-15)20-19-11-14-5-7-17(25-14)21-8-2-1-3-9-21/h4-7,10-11H,1-3,8-9,12H2,(H,20,22)/b19-11+. The van der Waals surface area contributed by atoms with Gasteiger partial charge in [-0.3, -0.25) is 4.79 Å². The highest BCUT2D eigenvalue weighted by molar-refractivity contribution is 5.95. The van der Waals surface area contributed by atoms with Crippen LogP contribution in [0.1, 0.15) is 35.4 Å². The summed E-state index contributed by atoms with van der Waals surface area (Å²) in [5.74, 6) is 2.34. The first-order valence-electron chi connectivity index (χ1n) is 8.37. The van der Waals surface area contributed by atoms with E-state index in [2.05, 4.69) is 15.4 Å². The maximum atomic E-state index is 12.1. The Hall–Kier alpha value is -2.96. The van der Waals surface area contributed by atoms with Crippen LogP contribution in [0, 0.1) is 0 Å². The molecule has 4 rings (SSSR count). The molecule has 1 saturated heterocycles. The van der Waals surface area contributed by atoms with Crippen molar-refractivity contribution in [1.82, 2.24) is 5.43 Å². The number of nitrogens with one attached hydrogen (secondary N) is 1. The Morgan fingerprint density at radius 1 is 1.08 bits per heavy atom. The van der Waals surface area contributed by atoms with Gasteiger partial charge in [-0.15, -0.1) is 0 Å². The number of nitrogens with zero attached hydrogens (tertiary/aromatic N) is 2. The largest absolute Gasteiger partial charge is 0.454 e. The van der Waals surface area contributed by atoms with E-state index in [9.17, 15) is 4.79 Å². The predicted molar refractivity (Wildman–Crippen MR) is 92.4 cm³/mol. The van der Waals surface area contributed by atoms with Crippen molar-refractivity contribution in [2.45, 2.75) is 19.3 Å². The quantitative estimate of drug-likeness (QED) is 0.683. The molecule has 2 aromatic rings. The maximum Gasteiger partial charge on any atom is 0.271 e. The molecule has 0 bridgehead atoms. The molecule has 3 heterocycles. The number of benzene rings is 1. The molecule has 1 fully saturated rings. The Balaban J connectivity index is 1.36. The molecule has 25 heavy (non-hydrogen) atoms. The molecular weight excluding hydrogens is 322 g/mol. The van der Waals surface area contributed by atoms with Crippen molar-refractivity contribution in [3.63, 3.8) is 0 Å². The van der Waals surface area contributed by atoms with Gasteiger partial charge < -0.3 is 18.8 Å². The first kappa shape index (κ1) is 15.6. The van der Waals surface area contributed by atoms with E-state index in [4.69, 9.17) is 13.9 Å². The van der Waals surface area contributed by atoms with Gasteiger partial charge in [0.25, 0.3) is 5.91 Å². The van der Waals surface area contributed by atoms with E-state index in [0.29, 0.717) is 22.8 Å². The number of piperidine rings is 1. The zero-order chi connectivity index (χ0) is 17.1. The van der Waals surface area contributed by atoms with Gasteiger partial charge in [0.05, 0.1) is 6.21 Å². The van der Waals surface area contributed by atoms with Crippen molar-refractivity contribution in [2.24, 2.45) is 5.10 Å². The molecule has 0 radical (unpaired) electrons. The lowest BCUT2D eigenvalue weighted by Crippen LogP contribution is -2.28. The van der Waals surface area contributed by atoms with Crippen LogP contribution in [0.4, 0.5) is 5.88 Å². The third kappa shape index (κ3) is 3.45. The number of hydrogen-bond donors (Lipinski definition) is 1. The van der Waals surface area contributed by atoms with Crippen LogP contribution in [0.25, 0.3) is 0 Å². The zero-order valence-corrected chi connectivity index (χ0v) is 13.7. The molecule has 1 aromatic carbocycles. The lowest BCUT2D eigenvalue weighted by atomic mass is 10.1. The smallest absolute Gasteiger partial charge is 0.271 e. The van der Waals surface area contributed by atoms with Crippen molar-refractivity contribution in [3.05, 3.63) is 41.7 Å². The molecule has 0 atom stereocenters. The Labute approximate surface area is 145 Å². The molecule has 2 aliphatic rings. The van der Waals surface area contributed by atoms with Crippen LogP contribution in [0.15, 0.2) is 39.9 Å². The summed E-state index contributed by atoms with van der Waals surface area (Å²) in [7, 11) is 0. The van der Waals surface area contributed by atoms with Crippen LogP contribution in [0.2, 0.25) is 0 Å². The molecule has 1 amide bonds. The molecule has 0 spiro atoms. The molecular formula is C18H19N3O4. The zero-order valence-electron chi connectivity index (χ0n) is 13.7. The number of furan rings is 1. The Kier molecular flexibility index (Phi) is 4.28. The number of carbonyl (C=O) groups excluding carboxylic acids is 1. The monoisotopic (exact) mass is 341 g/mol. The van der Waals surface area contributed by atoms with Gasteiger partial charge in [0.1, 0.15) is 5.76 Å². The summed E-state index contributed by atoms with van der Waals surface area (Å²) in [5.41, 5.74) is 2.94. The maximum absolute atomic E-state index is 12.1. The second-order valence-corrected chi connectivity index (χ2v) is 5.99. The van der Waals surface area contributed by atoms with E-state index in [-0.39, 0.29) is 12.7 Å². The number of amides is 1. The van der Waals surface area contributed by atoms with Gasteiger partial charge in [0, 0.05) is 24.7 Å². The van der Waals surface area contributed by atoms with Crippen molar-refractivity contribution < 1.29 is 18.7 Å². The van der Waals surface area contributed by atoms with Crippen LogP contribution >= 0.6 is 0 Å². The van der Waals surface area contributed by atoms with Crippen LogP contribution in [0.5, 0.6) is 11.5 Å². The van der Waals surface area contributed by atoms with E-state index in [1.54, 1.807) is 18.2 Å². The summed E-state index contributed by atoms with van der Waals surface area (Å²) in [6.07, 6.45) is 5.15. The summed E-state index contributed by atoms with van der Waals surface area (Å²) >= 11 is 0. The highest BCUT2D eigenvalue weighted by Crippen LogP contribution is 2.32. The predicted octanol–water partition coefficient (Wildman–Crippen LogP) is 2.76. The van der Waals surface area contributed by atoms with Gasteiger partial charge in [0.15, 0.2) is 17.4 Å². The van der Waals surface area contributed by atoms with Crippen molar-refractivity contribution in [3.8, 4) is 11.5 Å². The van der Waals surface area contributed by atoms with Crippen molar-refractivity contribution in [2.75, 3.05) is 24.8 Å². The van der Waals surface area contributed by atoms with Crippen LogP contribution in [-0.4, -0.2) is 32.0 Å². The number of rotatable bonds is 4. The number of carbonyl (C=O) groups is 1. The summed E-state index contributed by atoms with van der Waals surface area (Å²) < 4.78 is 16.2. The Morgan fingerprint density at radius 3 is 2.80 bits per heavy atom. The lowest BCUT2D eigenvalue weighted by Gasteiger charge is -2.25. The topological polar surface area (TPSA) is 76.3 Å². The fourth-order valence-electron chi connectivity index (χ4n) is 2.95. The minimum absolute atomic E-state index is 0.177. The molecule has 2 aliphatic heterocycles. The third-order valence-corrected chi connectivity index (χ3v) is 4.27. The number of hydrogen-bond acceptors (Lipinski definition) is 6. The highest BCUT2D eigenvalue weighted by atomic mass is 16.7. The first-order valence-corrected chi connectivity index (χ1v) is 8.37. The van der Waals surface area contributed by atoms with E-state index >= 15 is 0 Å². The minimum atomic E-state index is -0.322. The normalized spacial score (nSPS) is 16.4. The minimum Gasteiger partial charge on any atom is -0.454 e. The summed E-state index contributed by atoms with van der Waals surface area (Å²) in [6.45, 7) is 2.21. The fourth-order valence-corrected chi connectivity index (χ4v) is 2.95. The van der Waals surface area contributed by atoms with Gasteiger partial charge in [0.2, 0.25) is 6.79 Å². The third-order valence-electron chi connectivity index (χ3n) is 4.27. The fraction of sp³-hybridized carbons (Fsp3) is 0.333. The number of ether oxygens (including phenoxy) is 2. The van der Waals surface area contributed by atoms with E-state index in [1.807, 2.05) is 12.1 Å². The number of anilines is 1. The molecule has 1 aromatic heterocycles. The molecule has 1 N–H and O–H groups in total. The van der Waals surface area contributed by atoms with Crippen LogP contribution in [0.3, 0.4) is 0 Å². The summed E-state index contributed by atoms with van der Waals surface area (Å²) in [6, 6.07) is 8.79. The number of hydrazone groups is 1. The second kappa shape index (κ2) is 6.88. The molecule has 7 nitrogen and oxygen atoms in total. The first-order chi connectivity index (χ1) is 12.3. The number of fused-ring (bicyclic) bond motifs is 1. The van der Waals surface area contributed by atoms with Crippen molar-refractivity contribution in [1.29, 1.82) is 0 Å². The molecule has 0 unspecified atom stereocenters. The summed E-state index contributed by atoms with van der Waals surface area (Å²) in [5, 5.41) is 3.96. The molecule has 7 heteroatoms. The van der Waals surface area contributed by atoms with Gasteiger partial charge in [-0.2, -0.15) is 5.10 Å². The van der Waals surface area contributed by atoms with Gasteiger partial charge >= 0.3 is 0 Å². The van der Waals surface area contributed by atoms with E-state index in [1.165, 1.54) is 25.5 Å². The summed E-state index contributed by atoms with van der Waals surface area (Å²) in [4.78, 5) is 14.4. The Bertz CT molecular complexity index is 793. The second-order valence-electron chi connectivity index (χ2n) is 5.99. The highest BCUT2D eigenvalue weighted by Gasteiger charge is 2.16. The van der Waals surface area contributed by atoms with E-state index in [0.717, 1.165) is 19.0 Å². The van der Waals surface area contributed by atoms with Gasteiger partial charge in [-0.1, -0.05) is 0 Å². The molecule has 0 saturated carbocycles. The SMILES string of the molecule is O=C(N/N=C/c1ccc(N2CCCCC2)o1)c1ccc2c(c1)OCO2. The van der Waals surface area contributed by atoms with Crippen molar-refractivity contribution >= 4 is 18.0 Å². The van der Waals surface area contributed by atoms with Crippen LogP contribution < -0.4 is 19.8 Å². The molecule has 130 valence electrons. The molecule has 0 aliphatic carbocycles. The average Bonchev–Trinajstić information content (AvgIpc) is 3.31. The van der Waals surface area contributed by atoms with Gasteiger partial charge in [-0.25, -0.2) is 5.43 Å². The van der Waals surface area contributed by atoms with Crippen LogP contribution in [-0.2, 0) is 0 Å². The Morgan fingerprint density at radius 2 is 1.92 bits per heavy atom. The average molecular weight is 341 g/mol.